The van der Waals surface area contributed by atoms with E-state index < -0.39 is 17.8 Å². The molecule has 1 heterocycles. The second kappa shape index (κ2) is 10.8. The fourth-order valence-corrected chi connectivity index (χ4v) is 3.74. The number of aromatic hydroxyl groups is 1. The molecule has 0 unspecified atom stereocenters. The number of phenolic OH excluding ortho intramolecular Hbond substituents is 1. The number of rotatable bonds is 9. The van der Waals surface area contributed by atoms with Gasteiger partial charge in [-0.05, 0) is 96.6 Å². The van der Waals surface area contributed by atoms with Gasteiger partial charge in [0.15, 0.2) is 0 Å². The zero-order chi connectivity index (χ0) is 23.2. The Morgan fingerprint density at radius 3 is 2.48 bits per heavy atom. The molecule has 170 valence electrons. The summed E-state index contributed by atoms with van der Waals surface area (Å²) in [7, 11) is 0. The fourth-order valence-electron chi connectivity index (χ4n) is 3.74. The van der Waals surface area contributed by atoms with Crippen molar-refractivity contribution in [2.75, 3.05) is 0 Å². The highest BCUT2D eigenvalue weighted by Crippen LogP contribution is 2.38. The molecule has 1 aliphatic heterocycles. The molecule has 1 aliphatic rings. The van der Waals surface area contributed by atoms with Crippen molar-refractivity contribution in [1.29, 1.82) is 0 Å². The van der Waals surface area contributed by atoms with Crippen molar-refractivity contribution >= 4 is 6.08 Å². The van der Waals surface area contributed by atoms with E-state index in [1.54, 1.807) is 18.2 Å². The van der Waals surface area contributed by atoms with Crippen molar-refractivity contribution in [3.05, 3.63) is 64.3 Å². The number of phenols is 1. The number of allylic oxidation sites excluding steroid dienone is 4. The lowest BCUT2D eigenvalue weighted by Crippen LogP contribution is -2.32. The van der Waals surface area contributed by atoms with Crippen molar-refractivity contribution in [2.24, 2.45) is 0 Å². The third-order valence-corrected chi connectivity index (χ3v) is 5.68. The Hall–Kier alpha value is -2.30. The van der Waals surface area contributed by atoms with Crippen LogP contribution in [-0.2, 0) is 0 Å². The number of hydrogen-bond donors (Lipinski definition) is 3. The van der Waals surface area contributed by atoms with Gasteiger partial charge in [-0.1, -0.05) is 35.5 Å². The van der Waals surface area contributed by atoms with Crippen molar-refractivity contribution in [1.82, 2.24) is 0 Å². The standard InChI is InChI=1S/C27H38O4/c1-18(2)9-7-10-19(3)15-24(29)25(30)20(4)11-8-13-27(6)14-12-22-17-23(28)16-21(5)26(22)31-27/h9,11-12,14-17,24-25,28-30H,7-8,10,13H2,1-6H3/t24-,25-,27+/m1/s1. The zero-order valence-corrected chi connectivity index (χ0v) is 19.8. The normalized spacial score (nSPS) is 20.6. The molecule has 0 spiro atoms. The molecular formula is C27H38O4. The summed E-state index contributed by atoms with van der Waals surface area (Å²) in [4.78, 5) is 0. The van der Waals surface area contributed by atoms with Gasteiger partial charge in [-0.25, -0.2) is 0 Å². The SMILES string of the molecule is CC(C)=CCCC(C)=C[C@@H](O)[C@H](O)C(C)=CCC[C@@]1(C)C=Cc2cc(O)cc(C)c2O1. The maximum atomic E-state index is 10.5. The summed E-state index contributed by atoms with van der Waals surface area (Å²) >= 11 is 0. The van der Waals surface area contributed by atoms with Crippen LogP contribution in [0.2, 0.25) is 0 Å². The monoisotopic (exact) mass is 426 g/mol. The average molecular weight is 427 g/mol. The Kier molecular flexibility index (Phi) is 8.72. The minimum absolute atomic E-state index is 0.237. The van der Waals surface area contributed by atoms with Gasteiger partial charge in [0, 0.05) is 5.56 Å². The molecule has 4 heteroatoms. The number of fused-ring (bicyclic) bond motifs is 1. The van der Waals surface area contributed by atoms with E-state index in [9.17, 15) is 15.3 Å². The van der Waals surface area contributed by atoms with Crippen LogP contribution in [0.3, 0.4) is 0 Å². The maximum absolute atomic E-state index is 10.5. The predicted octanol–water partition coefficient (Wildman–Crippen LogP) is 6.01. The Morgan fingerprint density at radius 1 is 1.10 bits per heavy atom. The van der Waals surface area contributed by atoms with Gasteiger partial charge in [0.25, 0.3) is 0 Å². The van der Waals surface area contributed by atoms with Crippen LogP contribution in [0.25, 0.3) is 6.08 Å². The number of aliphatic hydroxyl groups is 2. The number of hydrogen-bond acceptors (Lipinski definition) is 4. The summed E-state index contributed by atoms with van der Waals surface area (Å²) in [6.45, 7) is 11.9. The van der Waals surface area contributed by atoms with E-state index in [0.717, 1.165) is 47.3 Å². The lowest BCUT2D eigenvalue weighted by atomic mass is 9.93. The van der Waals surface area contributed by atoms with Gasteiger partial charge in [0.1, 0.15) is 29.3 Å². The van der Waals surface area contributed by atoms with Crippen LogP contribution in [0.1, 0.15) is 71.4 Å². The first-order valence-corrected chi connectivity index (χ1v) is 11.1. The lowest BCUT2D eigenvalue weighted by Gasteiger charge is -2.32. The highest BCUT2D eigenvalue weighted by molar-refractivity contribution is 5.65. The van der Waals surface area contributed by atoms with Crippen LogP contribution in [0.4, 0.5) is 0 Å². The average Bonchev–Trinajstić information content (AvgIpc) is 2.67. The van der Waals surface area contributed by atoms with Gasteiger partial charge in [0.2, 0.25) is 0 Å². The minimum Gasteiger partial charge on any atom is -0.508 e. The Balaban J connectivity index is 1.94. The highest BCUT2D eigenvalue weighted by Gasteiger charge is 2.28. The largest absolute Gasteiger partial charge is 0.508 e. The van der Waals surface area contributed by atoms with Crippen LogP contribution in [-0.4, -0.2) is 33.1 Å². The molecule has 0 amide bonds. The molecule has 2 rings (SSSR count). The van der Waals surface area contributed by atoms with Crippen LogP contribution in [0.5, 0.6) is 11.5 Å². The molecule has 0 aliphatic carbocycles. The van der Waals surface area contributed by atoms with Gasteiger partial charge >= 0.3 is 0 Å². The quantitative estimate of drug-likeness (QED) is 0.423. The number of aryl methyl sites for hydroxylation is 1. The molecule has 0 fully saturated rings. The third kappa shape index (κ3) is 7.41. The zero-order valence-electron chi connectivity index (χ0n) is 19.8. The second-order valence-corrected chi connectivity index (χ2v) is 9.18. The molecule has 0 radical (unpaired) electrons. The number of benzene rings is 1. The lowest BCUT2D eigenvalue weighted by molar-refractivity contribution is 0.0721. The van der Waals surface area contributed by atoms with Gasteiger partial charge in [-0.2, -0.15) is 0 Å². The third-order valence-electron chi connectivity index (χ3n) is 5.68. The Morgan fingerprint density at radius 2 is 1.81 bits per heavy atom. The molecule has 0 saturated heterocycles. The summed E-state index contributed by atoms with van der Waals surface area (Å²) < 4.78 is 6.25. The molecule has 3 atom stereocenters. The van der Waals surface area contributed by atoms with Crippen molar-refractivity contribution in [3.63, 3.8) is 0 Å². The molecule has 0 aromatic heterocycles. The molecular weight excluding hydrogens is 388 g/mol. The summed E-state index contributed by atoms with van der Waals surface area (Å²) in [5, 5.41) is 30.7. The van der Waals surface area contributed by atoms with Gasteiger partial charge in [-0.15, -0.1) is 0 Å². The van der Waals surface area contributed by atoms with Crippen molar-refractivity contribution in [2.45, 2.75) is 85.0 Å². The summed E-state index contributed by atoms with van der Waals surface area (Å²) in [5.41, 5.74) is 4.44. The summed E-state index contributed by atoms with van der Waals surface area (Å²) in [5.74, 6) is 1.04. The predicted molar refractivity (Wildman–Crippen MR) is 128 cm³/mol. The van der Waals surface area contributed by atoms with Crippen LogP contribution in [0.15, 0.2) is 53.2 Å². The van der Waals surface area contributed by atoms with E-state index in [-0.39, 0.29) is 5.75 Å². The van der Waals surface area contributed by atoms with Crippen LogP contribution in [0, 0.1) is 6.92 Å². The van der Waals surface area contributed by atoms with E-state index in [1.165, 1.54) is 5.57 Å². The van der Waals surface area contributed by atoms with Crippen molar-refractivity contribution in [3.8, 4) is 11.5 Å². The molecule has 1 aromatic rings. The smallest absolute Gasteiger partial charge is 0.131 e. The Bertz CT molecular complexity index is 887. The number of ether oxygens (including phenoxy) is 1. The van der Waals surface area contributed by atoms with E-state index in [0.29, 0.717) is 6.42 Å². The molecule has 0 bridgehead atoms. The molecule has 0 saturated carbocycles. The maximum Gasteiger partial charge on any atom is 0.131 e. The van der Waals surface area contributed by atoms with E-state index >= 15 is 0 Å². The summed E-state index contributed by atoms with van der Waals surface area (Å²) in [6.07, 6.45) is 11.3. The highest BCUT2D eigenvalue weighted by atomic mass is 16.5. The van der Waals surface area contributed by atoms with Gasteiger partial charge in [-0.3, -0.25) is 0 Å². The van der Waals surface area contributed by atoms with Crippen molar-refractivity contribution < 1.29 is 20.1 Å². The second-order valence-electron chi connectivity index (χ2n) is 9.18. The topological polar surface area (TPSA) is 69.9 Å². The first-order chi connectivity index (χ1) is 14.5. The van der Waals surface area contributed by atoms with E-state index in [4.69, 9.17) is 4.74 Å². The first kappa shape index (κ1) is 25.0. The summed E-state index contributed by atoms with van der Waals surface area (Å²) in [6, 6.07) is 3.41. The van der Waals surface area contributed by atoms with Crippen LogP contribution >= 0.6 is 0 Å². The molecule has 1 aromatic carbocycles. The first-order valence-electron chi connectivity index (χ1n) is 11.1. The van der Waals surface area contributed by atoms with Gasteiger partial charge in [0.05, 0.1) is 0 Å². The minimum atomic E-state index is -0.917. The van der Waals surface area contributed by atoms with Crippen LogP contribution < -0.4 is 4.74 Å². The fraction of sp³-hybridized carbons (Fsp3) is 0.481. The Labute approximate surface area is 187 Å². The van der Waals surface area contributed by atoms with E-state index in [2.05, 4.69) is 19.9 Å². The molecule has 3 N–H and O–H groups in total. The van der Waals surface area contributed by atoms with E-state index in [1.807, 2.05) is 45.9 Å². The molecule has 31 heavy (non-hydrogen) atoms. The van der Waals surface area contributed by atoms with Gasteiger partial charge < -0.3 is 20.1 Å². The molecule has 4 nitrogen and oxygen atoms in total. The number of aliphatic hydroxyl groups excluding tert-OH is 2.